The smallest absolute Gasteiger partial charge is 0.0132 e. The first-order chi connectivity index (χ1) is 16.3. The zero-order valence-corrected chi connectivity index (χ0v) is 23.0. The molecular weight excluding hydrogens is 420 g/mol. The summed E-state index contributed by atoms with van der Waals surface area (Å²) < 4.78 is 0. The van der Waals surface area contributed by atoms with E-state index in [9.17, 15) is 0 Å². The molecule has 0 N–H and O–H groups in total. The highest BCUT2D eigenvalue weighted by atomic mass is 14.2. The van der Waals surface area contributed by atoms with Crippen LogP contribution in [0, 0.1) is 20.8 Å². The largest absolute Gasteiger partial charge is 0.0579 e. The molecule has 180 valence electrons. The van der Waals surface area contributed by atoms with Crippen LogP contribution in [0.1, 0.15) is 69.4 Å². The molecule has 0 nitrogen and oxygen atoms in total. The van der Waals surface area contributed by atoms with Gasteiger partial charge in [-0.25, -0.2) is 0 Å². The molecule has 35 heavy (non-hydrogen) atoms. The quantitative estimate of drug-likeness (QED) is 0.285. The lowest BCUT2D eigenvalue weighted by Crippen LogP contribution is -2.10. The van der Waals surface area contributed by atoms with Crippen molar-refractivity contribution in [1.29, 1.82) is 0 Å². The first-order valence-corrected chi connectivity index (χ1v) is 12.8. The summed E-state index contributed by atoms with van der Waals surface area (Å²) in [5.74, 6) is 0. The average molecular weight is 461 g/mol. The fraction of sp³-hybridized carbons (Fsp3) is 0.314. The second-order valence-corrected chi connectivity index (χ2v) is 12.2. The van der Waals surface area contributed by atoms with Crippen LogP contribution < -0.4 is 0 Å². The molecule has 0 aliphatic carbocycles. The Morgan fingerprint density at radius 3 is 0.971 bits per heavy atom. The summed E-state index contributed by atoms with van der Waals surface area (Å²) in [6.07, 6.45) is 0. The Morgan fingerprint density at radius 1 is 0.371 bits per heavy atom. The van der Waals surface area contributed by atoms with E-state index in [2.05, 4.69) is 141 Å². The molecule has 0 amide bonds. The second-order valence-electron chi connectivity index (χ2n) is 12.2. The molecule has 0 aromatic heterocycles. The molecule has 0 unspecified atom stereocenters. The monoisotopic (exact) mass is 460 g/mol. The van der Waals surface area contributed by atoms with E-state index in [0.717, 1.165) is 0 Å². The summed E-state index contributed by atoms with van der Waals surface area (Å²) in [5.41, 5.74) is 14.7. The molecule has 0 bridgehead atoms. The van der Waals surface area contributed by atoms with Gasteiger partial charge >= 0.3 is 0 Å². The molecule has 0 saturated carbocycles. The van der Waals surface area contributed by atoms with Gasteiger partial charge < -0.3 is 0 Å². The van der Waals surface area contributed by atoms with Gasteiger partial charge in [-0.1, -0.05) is 102 Å². The summed E-state index contributed by atoms with van der Waals surface area (Å²) in [6, 6.07) is 29.9. The van der Waals surface area contributed by atoms with E-state index in [0.29, 0.717) is 0 Å². The van der Waals surface area contributed by atoms with Gasteiger partial charge in [0.05, 0.1) is 0 Å². The highest BCUT2D eigenvalue weighted by Crippen LogP contribution is 2.36. The van der Waals surface area contributed by atoms with Gasteiger partial charge in [-0.05, 0) is 111 Å². The summed E-state index contributed by atoms with van der Waals surface area (Å²) in [4.78, 5) is 0. The molecule has 0 heterocycles. The highest BCUT2D eigenvalue weighted by Gasteiger charge is 2.16. The second kappa shape index (κ2) is 9.15. The zero-order chi connectivity index (χ0) is 25.5. The maximum Gasteiger partial charge on any atom is -0.0132 e. The highest BCUT2D eigenvalue weighted by molar-refractivity contribution is 5.82. The van der Waals surface area contributed by atoms with Crippen molar-refractivity contribution in [2.24, 2.45) is 0 Å². The number of hydrogen-bond acceptors (Lipinski definition) is 0. The third-order valence-electron chi connectivity index (χ3n) is 7.36. The fourth-order valence-corrected chi connectivity index (χ4v) is 4.66. The maximum absolute atomic E-state index is 2.35. The lowest BCUT2D eigenvalue weighted by molar-refractivity contribution is 0.590. The van der Waals surface area contributed by atoms with Crippen LogP contribution >= 0.6 is 0 Å². The third-order valence-corrected chi connectivity index (χ3v) is 7.36. The topological polar surface area (TPSA) is 0 Å². The summed E-state index contributed by atoms with van der Waals surface area (Å²) in [5, 5.41) is 0. The SMILES string of the molecule is Cc1cc(-c2cc(-c3ccc(C(C)(C)C)cc3)cc(-c3ccc(C(C)(C)C)cc3)c2)cc(C)c1C. The Balaban J connectivity index is 1.87. The van der Waals surface area contributed by atoms with Crippen molar-refractivity contribution >= 4 is 0 Å². The minimum absolute atomic E-state index is 0.150. The predicted molar refractivity (Wildman–Crippen MR) is 154 cm³/mol. The minimum Gasteiger partial charge on any atom is -0.0579 e. The van der Waals surface area contributed by atoms with E-state index in [-0.39, 0.29) is 10.8 Å². The van der Waals surface area contributed by atoms with Gasteiger partial charge in [0.1, 0.15) is 0 Å². The Kier molecular flexibility index (Phi) is 6.54. The summed E-state index contributed by atoms with van der Waals surface area (Å²) >= 11 is 0. The average Bonchev–Trinajstić information content (AvgIpc) is 2.81. The maximum atomic E-state index is 2.35. The fourth-order valence-electron chi connectivity index (χ4n) is 4.66. The molecular formula is C35H40. The molecule has 0 spiro atoms. The van der Waals surface area contributed by atoms with Crippen molar-refractivity contribution in [2.75, 3.05) is 0 Å². The van der Waals surface area contributed by atoms with Crippen LogP contribution in [0.25, 0.3) is 33.4 Å². The Hall–Kier alpha value is -3.12. The number of hydrogen-bond donors (Lipinski definition) is 0. The Bertz CT molecular complexity index is 1240. The van der Waals surface area contributed by atoms with Crippen molar-refractivity contribution in [3.63, 3.8) is 0 Å². The lowest BCUT2D eigenvalue weighted by Gasteiger charge is -2.20. The van der Waals surface area contributed by atoms with Crippen molar-refractivity contribution < 1.29 is 0 Å². The first-order valence-electron chi connectivity index (χ1n) is 12.8. The standard InChI is InChI=1S/C35H40/c1-23-18-28(19-24(2)25(23)3)31-21-29(26-10-14-32(15-11-26)34(4,5)6)20-30(22-31)27-12-16-33(17-13-27)35(7,8)9/h10-22H,1-9H3. The molecule has 0 fully saturated rings. The van der Waals surface area contributed by atoms with E-state index < -0.39 is 0 Å². The molecule has 4 aromatic rings. The molecule has 0 aliphatic heterocycles. The minimum atomic E-state index is 0.150. The van der Waals surface area contributed by atoms with E-state index in [1.165, 1.54) is 61.2 Å². The van der Waals surface area contributed by atoms with Gasteiger partial charge in [-0.2, -0.15) is 0 Å². The normalized spacial score (nSPS) is 12.1. The van der Waals surface area contributed by atoms with Gasteiger partial charge in [-0.3, -0.25) is 0 Å². The van der Waals surface area contributed by atoms with Crippen LogP contribution in [0.3, 0.4) is 0 Å². The molecule has 4 aromatic carbocycles. The van der Waals surface area contributed by atoms with Crippen LogP contribution in [-0.4, -0.2) is 0 Å². The van der Waals surface area contributed by atoms with Crippen LogP contribution in [0.15, 0.2) is 78.9 Å². The van der Waals surface area contributed by atoms with Gasteiger partial charge in [0.2, 0.25) is 0 Å². The Labute approximate surface area is 213 Å². The van der Waals surface area contributed by atoms with Crippen molar-refractivity contribution in [1.82, 2.24) is 0 Å². The van der Waals surface area contributed by atoms with Gasteiger partial charge in [-0.15, -0.1) is 0 Å². The van der Waals surface area contributed by atoms with Crippen LogP contribution in [-0.2, 0) is 10.8 Å². The third kappa shape index (κ3) is 5.43. The van der Waals surface area contributed by atoms with Gasteiger partial charge in [0.15, 0.2) is 0 Å². The van der Waals surface area contributed by atoms with Gasteiger partial charge in [0.25, 0.3) is 0 Å². The number of rotatable bonds is 3. The van der Waals surface area contributed by atoms with Crippen LogP contribution in [0.5, 0.6) is 0 Å². The lowest BCUT2D eigenvalue weighted by atomic mass is 9.85. The van der Waals surface area contributed by atoms with E-state index in [4.69, 9.17) is 0 Å². The zero-order valence-electron chi connectivity index (χ0n) is 23.0. The van der Waals surface area contributed by atoms with E-state index >= 15 is 0 Å². The van der Waals surface area contributed by atoms with Crippen molar-refractivity contribution in [3.8, 4) is 33.4 Å². The van der Waals surface area contributed by atoms with E-state index in [1.807, 2.05) is 0 Å². The molecule has 0 saturated heterocycles. The van der Waals surface area contributed by atoms with Gasteiger partial charge in [0, 0.05) is 0 Å². The molecule has 0 atom stereocenters. The summed E-state index contributed by atoms with van der Waals surface area (Å²) in [7, 11) is 0. The van der Waals surface area contributed by atoms with Crippen LogP contribution in [0.4, 0.5) is 0 Å². The molecule has 0 heteroatoms. The predicted octanol–water partition coefficient (Wildman–Crippen LogP) is 10.2. The molecule has 4 rings (SSSR count). The van der Waals surface area contributed by atoms with Crippen molar-refractivity contribution in [3.05, 3.63) is 107 Å². The molecule has 0 radical (unpaired) electrons. The summed E-state index contributed by atoms with van der Waals surface area (Å²) in [6.45, 7) is 20.3. The van der Waals surface area contributed by atoms with E-state index in [1.54, 1.807) is 0 Å². The Morgan fingerprint density at radius 2 is 0.657 bits per heavy atom. The molecule has 0 aliphatic rings. The number of aryl methyl sites for hydroxylation is 2. The van der Waals surface area contributed by atoms with Crippen molar-refractivity contribution in [2.45, 2.75) is 73.1 Å². The first kappa shape index (κ1) is 25.0. The van der Waals surface area contributed by atoms with Crippen LogP contribution in [0.2, 0.25) is 0 Å². The number of benzene rings is 4.